The van der Waals surface area contributed by atoms with Crippen molar-refractivity contribution in [3.63, 3.8) is 0 Å². The van der Waals surface area contributed by atoms with Crippen molar-refractivity contribution < 1.29 is 24.4 Å². The van der Waals surface area contributed by atoms with Crippen LogP contribution in [0.4, 0.5) is 0 Å². The van der Waals surface area contributed by atoms with E-state index in [2.05, 4.69) is 6.92 Å². The van der Waals surface area contributed by atoms with E-state index in [1.54, 1.807) is 7.11 Å². The zero-order valence-electron chi connectivity index (χ0n) is 13.5. The monoisotopic (exact) mass is 300 g/mol. The number of hydrogen-bond donors (Lipinski definition) is 1. The van der Waals surface area contributed by atoms with Crippen molar-refractivity contribution in [3.8, 4) is 0 Å². The predicted molar refractivity (Wildman–Crippen MR) is 76.0 cm³/mol. The fourth-order valence-corrected chi connectivity index (χ4v) is 4.64. The maximum atomic E-state index is 10.1. The van der Waals surface area contributed by atoms with E-state index in [0.717, 1.165) is 25.7 Å². The Labute approximate surface area is 126 Å². The van der Waals surface area contributed by atoms with Crippen LogP contribution >= 0.6 is 0 Å². The molecule has 3 aliphatic heterocycles. The van der Waals surface area contributed by atoms with E-state index in [9.17, 15) is 5.11 Å². The molecule has 4 fully saturated rings. The SMILES string of the molecule is CO[C@H](O)[C@H](C)[C@@H]1CC[C@@H](C)C2CC[C@@]3(C)OC[C@@]21OO3. The van der Waals surface area contributed by atoms with Gasteiger partial charge in [0.15, 0.2) is 12.1 Å². The van der Waals surface area contributed by atoms with Crippen molar-refractivity contribution in [2.24, 2.45) is 23.7 Å². The van der Waals surface area contributed by atoms with E-state index in [-0.39, 0.29) is 11.8 Å². The normalized spacial score (nSPS) is 49.3. The second-order valence-electron chi connectivity index (χ2n) is 7.34. The number of rotatable bonds is 3. The maximum Gasteiger partial charge on any atom is 0.198 e. The highest BCUT2D eigenvalue weighted by Gasteiger charge is 2.61. The summed E-state index contributed by atoms with van der Waals surface area (Å²) in [6, 6.07) is 0. The molecule has 5 nitrogen and oxygen atoms in total. The molecule has 0 aromatic rings. The first-order valence-electron chi connectivity index (χ1n) is 8.13. The van der Waals surface area contributed by atoms with Crippen LogP contribution in [0.5, 0.6) is 0 Å². The van der Waals surface area contributed by atoms with Gasteiger partial charge in [0, 0.05) is 25.4 Å². The largest absolute Gasteiger partial charge is 0.368 e. The highest BCUT2D eigenvalue weighted by Crippen LogP contribution is 2.55. The summed E-state index contributed by atoms with van der Waals surface area (Å²) < 4.78 is 11.2. The third kappa shape index (κ3) is 2.43. The molecular weight excluding hydrogens is 272 g/mol. The average molecular weight is 300 g/mol. The number of methoxy groups -OCH3 is 1. The van der Waals surface area contributed by atoms with Crippen LogP contribution in [-0.2, 0) is 19.2 Å². The fourth-order valence-electron chi connectivity index (χ4n) is 4.64. The Morgan fingerprint density at radius 2 is 2.00 bits per heavy atom. The van der Waals surface area contributed by atoms with Crippen LogP contribution in [-0.4, -0.2) is 36.5 Å². The summed E-state index contributed by atoms with van der Waals surface area (Å²) in [5, 5.41) is 10.1. The zero-order chi connectivity index (χ0) is 15.3. The number of hydrogen-bond acceptors (Lipinski definition) is 5. The standard InChI is InChI=1S/C16H28O5/c1-10-5-6-13(11(2)14(17)18-4)16-9-19-15(3,20-21-16)8-7-12(10)16/h10-14,17H,5-9H2,1-4H3/t10-,11-,12?,13+,14+,15+,16-/m1/s1. The average Bonchev–Trinajstić information content (AvgIpc) is 2.73. The molecule has 0 aromatic carbocycles. The molecule has 1 unspecified atom stereocenters. The number of ether oxygens (including phenoxy) is 2. The number of aliphatic hydroxyl groups is 1. The molecule has 3 saturated heterocycles. The first-order chi connectivity index (χ1) is 9.92. The Morgan fingerprint density at radius 3 is 2.62 bits per heavy atom. The van der Waals surface area contributed by atoms with E-state index in [1.807, 2.05) is 13.8 Å². The Hall–Kier alpha value is -0.200. The molecular formula is C16H28O5. The molecule has 1 aliphatic carbocycles. The lowest BCUT2D eigenvalue weighted by Gasteiger charge is -2.53. The van der Waals surface area contributed by atoms with Gasteiger partial charge in [-0.05, 0) is 38.0 Å². The van der Waals surface area contributed by atoms with Crippen molar-refractivity contribution in [2.75, 3.05) is 13.7 Å². The first kappa shape index (κ1) is 15.7. The van der Waals surface area contributed by atoms with E-state index >= 15 is 0 Å². The quantitative estimate of drug-likeness (QED) is 0.641. The molecule has 21 heavy (non-hydrogen) atoms. The first-order valence-corrected chi connectivity index (χ1v) is 8.13. The number of aliphatic hydroxyl groups excluding tert-OH is 1. The van der Waals surface area contributed by atoms with E-state index in [1.165, 1.54) is 0 Å². The molecule has 1 spiro atoms. The van der Waals surface area contributed by atoms with Crippen LogP contribution in [0.1, 0.15) is 46.5 Å². The molecule has 1 N–H and O–H groups in total. The molecule has 2 bridgehead atoms. The summed E-state index contributed by atoms with van der Waals surface area (Å²) in [6.45, 7) is 6.82. The lowest BCUT2D eigenvalue weighted by molar-refractivity contribution is -0.518. The van der Waals surface area contributed by atoms with Crippen molar-refractivity contribution in [2.45, 2.75) is 64.1 Å². The summed E-state index contributed by atoms with van der Waals surface area (Å²) >= 11 is 0. The smallest absolute Gasteiger partial charge is 0.198 e. The van der Waals surface area contributed by atoms with Gasteiger partial charge in [-0.15, -0.1) is 0 Å². The lowest BCUT2D eigenvalue weighted by atomic mass is 9.60. The Morgan fingerprint density at radius 1 is 1.24 bits per heavy atom. The Balaban J connectivity index is 1.92. The molecule has 0 aromatic heterocycles. The minimum atomic E-state index is -0.779. The zero-order valence-corrected chi connectivity index (χ0v) is 13.5. The van der Waals surface area contributed by atoms with Crippen LogP contribution in [0.3, 0.4) is 0 Å². The summed E-state index contributed by atoms with van der Waals surface area (Å²) in [5.74, 6) is 0.541. The molecule has 3 heterocycles. The van der Waals surface area contributed by atoms with Crippen molar-refractivity contribution in [1.29, 1.82) is 0 Å². The van der Waals surface area contributed by atoms with Gasteiger partial charge in [-0.2, -0.15) is 0 Å². The minimum Gasteiger partial charge on any atom is -0.368 e. The van der Waals surface area contributed by atoms with Gasteiger partial charge in [-0.1, -0.05) is 13.8 Å². The van der Waals surface area contributed by atoms with Crippen LogP contribution in [0, 0.1) is 23.7 Å². The van der Waals surface area contributed by atoms with Gasteiger partial charge in [0.1, 0.15) is 5.60 Å². The summed E-state index contributed by atoms with van der Waals surface area (Å²) in [6.07, 6.45) is 3.28. The van der Waals surface area contributed by atoms with Gasteiger partial charge in [0.2, 0.25) is 0 Å². The van der Waals surface area contributed by atoms with E-state index in [4.69, 9.17) is 19.2 Å². The molecule has 1 saturated carbocycles. The molecule has 7 atom stereocenters. The van der Waals surface area contributed by atoms with Crippen LogP contribution in [0.15, 0.2) is 0 Å². The molecule has 0 amide bonds. The van der Waals surface area contributed by atoms with Gasteiger partial charge in [0.05, 0.1) is 6.61 Å². The van der Waals surface area contributed by atoms with E-state index in [0.29, 0.717) is 18.4 Å². The Kier molecular flexibility index (Phi) is 4.08. The third-order valence-corrected chi connectivity index (χ3v) is 6.09. The highest BCUT2D eigenvalue weighted by atomic mass is 17.2. The minimum absolute atomic E-state index is 0.0142. The Bertz CT molecular complexity index is 377. The summed E-state index contributed by atoms with van der Waals surface area (Å²) in [7, 11) is 1.54. The lowest BCUT2D eigenvalue weighted by Crippen LogP contribution is -2.61. The van der Waals surface area contributed by atoms with E-state index < -0.39 is 17.7 Å². The third-order valence-electron chi connectivity index (χ3n) is 6.09. The fraction of sp³-hybridized carbons (Fsp3) is 1.00. The summed E-state index contributed by atoms with van der Waals surface area (Å²) in [4.78, 5) is 11.7. The van der Waals surface area contributed by atoms with Crippen LogP contribution in [0.25, 0.3) is 0 Å². The maximum absolute atomic E-state index is 10.1. The van der Waals surface area contributed by atoms with Gasteiger partial charge in [-0.25, -0.2) is 9.78 Å². The summed E-state index contributed by atoms with van der Waals surface area (Å²) in [5.41, 5.74) is -0.452. The molecule has 122 valence electrons. The van der Waals surface area contributed by atoms with Crippen molar-refractivity contribution in [1.82, 2.24) is 0 Å². The predicted octanol–water partition coefficient (Wildman–Crippen LogP) is 2.48. The van der Waals surface area contributed by atoms with Crippen LogP contribution < -0.4 is 0 Å². The molecule has 4 aliphatic rings. The topological polar surface area (TPSA) is 57.2 Å². The second kappa shape index (κ2) is 5.46. The van der Waals surface area contributed by atoms with Crippen LogP contribution in [0.2, 0.25) is 0 Å². The molecule has 5 heteroatoms. The van der Waals surface area contributed by atoms with Gasteiger partial charge in [0.25, 0.3) is 0 Å². The molecule has 4 rings (SSSR count). The van der Waals surface area contributed by atoms with Crippen molar-refractivity contribution in [3.05, 3.63) is 0 Å². The number of fused-ring (bicyclic) bond motifs is 3. The van der Waals surface area contributed by atoms with Gasteiger partial charge in [-0.3, -0.25) is 0 Å². The second-order valence-corrected chi connectivity index (χ2v) is 7.34. The van der Waals surface area contributed by atoms with Gasteiger partial charge >= 0.3 is 0 Å². The molecule has 0 radical (unpaired) electrons. The van der Waals surface area contributed by atoms with Crippen molar-refractivity contribution >= 4 is 0 Å². The highest BCUT2D eigenvalue weighted by molar-refractivity contribution is 5.04. The van der Waals surface area contributed by atoms with Gasteiger partial charge < -0.3 is 14.6 Å².